The fourth-order valence-electron chi connectivity index (χ4n) is 4.60. The van der Waals surface area contributed by atoms with Crippen molar-refractivity contribution in [1.29, 1.82) is 0 Å². The third-order valence-electron chi connectivity index (χ3n) is 6.51. The smallest absolute Gasteiger partial charge is 0.237 e. The van der Waals surface area contributed by atoms with Crippen molar-refractivity contribution < 1.29 is 8.42 Å². The zero-order valence-corrected chi connectivity index (χ0v) is 21.7. The van der Waals surface area contributed by atoms with Gasteiger partial charge in [0, 0.05) is 54.6 Å². The van der Waals surface area contributed by atoms with Gasteiger partial charge in [0.1, 0.15) is 5.82 Å². The summed E-state index contributed by atoms with van der Waals surface area (Å²) in [5.74, 6) is 0.896. The minimum Gasteiger partial charge on any atom is -0.343 e. The number of halogens is 1. The van der Waals surface area contributed by atoms with E-state index >= 15 is 0 Å². The quantitative estimate of drug-likeness (QED) is 0.295. The molecule has 2 atom stereocenters. The lowest BCUT2D eigenvalue weighted by atomic mass is 10.1. The van der Waals surface area contributed by atoms with Gasteiger partial charge < -0.3 is 9.88 Å². The number of hydrogen-bond acceptors (Lipinski definition) is 6. The lowest BCUT2D eigenvalue weighted by Crippen LogP contribution is -2.28. The second-order valence-corrected chi connectivity index (χ2v) is 11.6. The Labute approximate surface area is 217 Å². The van der Waals surface area contributed by atoms with Crippen molar-refractivity contribution in [2.24, 2.45) is 11.8 Å². The van der Waals surface area contributed by atoms with Crippen LogP contribution in [0.25, 0.3) is 16.9 Å². The molecule has 184 valence electrons. The first-order chi connectivity index (χ1) is 17.5. The molecule has 6 rings (SSSR count). The molecule has 4 aromatic rings. The van der Waals surface area contributed by atoms with Gasteiger partial charge >= 0.3 is 0 Å². The number of anilines is 1. The van der Waals surface area contributed by atoms with Crippen LogP contribution < -0.4 is 10.0 Å². The van der Waals surface area contributed by atoms with Gasteiger partial charge in [-0.1, -0.05) is 30.3 Å². The SMILES string of the molecule is O=S(=O)(NCCCn1ccnc1)C1=CC=C(Nc2cc(-c3ccccc3)nc3c(Br)cnn23)C2CC12. The number of benzene rings is 1. The number of allylic oxidation sites excluding steroid dienone is 4. The predicted octanol–water partition coefficient (Wildman–Crippen LogP) is 4.19. The van der Waals surface area contributed by atoms with E-state index in [0.717, 1.165) is 40.2 Å². The monoisotopic (exact) mass is 565 g/mol. The molecule has 0 spiro atoms. The number of aromatic nitrogens is 5. The Kier molecular flexibility index (Phi) is 5.98. The number of hydrogen-bond donors (Lipinski definition) is 2. The molecule has 36 heavy (non-hydrogen) atoms. The summed E-state index contributed by atoms with van der Waals surface area (Å²) >= 11 is 3.54. The zero-order valence-electron chi connectivity index (χ0n) is 19.3. The highest BCUT2D eigenvalue weighted by Gasteiger charge is 2.48. The Morgan fingerprint density at radius 2 is 2.00 bits per heavy atom. The molecule has 9 nitrogen and oxygen atoms in total. The van der Waals surface area contributed by atoms with Gasteiger partial charge in [-0.3, -0.25) is 0 Å². The molecule has 1 saturated carbocycles. The molecule has 11 heteroatoms. The lowest BCUT2D eigenvalue weighted by molar-refractivity contribution is 0.572. The van der Waals surface area contributed by atoms with Crippen LogP contribution in [0.5, 0.6) is 0 Å². The Balaban J connectivity index is 1.21. The highest BCUT2D eigenvalue weighted by molar-refractivity contribution is 9.10. The summed E-state index contributed by atoms with van der Waals surface area (Å²) in [6.45, 7) is 1.10. The van der Waals surface area contributed by atoms with E-state index in [4.69, 9.17) is 4.98 Å². The average Bonchev–Trinajstić information content (AvgIpc) is 3.34. The summed E-state index contributed by atoms with van der Waals surface area (Å²) in [6.07, 6.45) is 12.1. The van der Waals surface area contributed by atoms with E-state index in [-0.39, 0.29) is 11.8 Å². The molecule has 2 aliphatic rings. The summed E-state index contributed by atoms with van der Waals surface area (Å²) in [6, 6.07) is 12.0. The van der Waals surface area contributed by atoms with Crippen molar-refractivity contribution in [1.82, 2.24) is 28.9 Å². The number of rotatable bonds is 9. The Bertz CT molecular complexity index is 1580. The Morgan fingerprint density at radius 3 is 2.81 bits per heavy atom. The number of fused-ring (bicyclic) bond motifs is 2. The van der Waals surface area contributed by atoms with Gasteiger partial charge in [0.05, 0.1) is 27.6 Å². The van der Waals surface area contributed by atoms with E-state index in [1.807, 2.05) is 53.2 Å². The molecule has 0 aliphatic heterocycles. The largest absolute Gasteiger partial charge is 0.343 e. The first-order valence-electron chi connectivity index (χ1n) is 11.7. The molecule has 0 amide bonds. The van der Waals surface area contributed by atoms with Crippen molar-refractivity contribution in [3.8, 4) is 11.3 Å². The second kappa shape index (κ2) is 9.30. The molecule has 2 aliphatic carbocycles. The molecular weight excluding hydrogens is 542 g/mol. The van der Waals surface area contributed by atoms with E-state index in [1.54, 1.807) is 29.3 Å². The molecule has 1 aromatic carbocycles. The van der Waals surface area contributed by atoms with Crippen LogP contribution >= 0.6 is 15.9 Å². The minimum atomic E-state index is -3.52. The van der Waals surface area contributed by atoms with Crippen molar-refractivity contribution in [3.05, 3.63) is 88.5 Å². The minimum absolute atomic E-state index is 0.0149. The summed E-state index contributed by atoms with van der Waals surface area (Å²) < 4.78 is 33.2. The molecule has 1 fully saturated rings. The van der Waals surface area contributed by atoms with E-state index < -0.39 is 10.0 Å². The fourth-order valence-corrected chi connectivity index (χ4v) is 6.43. The third kappa shape index (κ3) is 4.49. The highest BCUT2D eigenvalue weighted by Crippen LogP contribution is 2.52. The van der Waals surface area contributed by atoms with Crippen molar-refractivity contribution in [2.75, 3.05) is 11.9 Å². The van der Waals surface area contributed by atoms with Gasteiger partial charge in [-0.2, -0.15) is 9.61 Å². The van der Waals surface area contributed by atoms with Crippen molar-refractivity contribution in [3.63, 3.8) is 0 Å². The van der Waals surface area contributed by atoms with Gasteiger partial charge in [0.2, 0.25) is 10.0 Å². The summed E-state index contributed by atoms with van der Waals surface area (Å²) in [4.78, 5) is 9.24. The number of nitrogens with one attached hydrogen (secondary N) is 2. The maximum absolute atomic E-state index is 13.0. The lowest BCUT2D eigenvalue weighted by Gasteiger charge is -2.18. The maximum atomic E-state index is 13.0. The average molecular weight is 566 g/mol. The molecular formula is C25H24BrN7O2S. The maximum Gasteiger partial charge on any atom is 0.237 e. The molecule has 0 bridgehead atoms. The van der Waals surface area contributed by atoms with Crippen LogP contribution in [0.15, 0.2) is 88.5 Å². The van der Waals surface area contributed by atoms with Crippen molar-refractivity contribution >= 4 is 37.4 Å². The molecule has 2 unspecified atom stereocenters. The normalized spacial score (nSPS) is 19.0. The molecule has 0 saturated heterocycles. The van der Waals surface area contributed by atoms with Crippen molar-refractivity contribution in [2.45, 2.75) is 19.4 Å². The van der Waals surface area contributed by atoms with Crippen LogP contribution in [0.1, 0.15) is 12.8 Å². The topological polar surface area (TPSA) is 106 Å². The molecule has 3 aromatic heterocycles. The Hall–Kier alpha value is -3.28. The van der Waals surface area contributed by atoms with E-state index in [9.17, 15) is 8.42 Å². The molecule has 0 radical (unpaired) electrons. The summed E-state index contributed by atoms with van der Waals surface area (Å²) in [5.41, 5.74) is 3.53. The van der Waals surface area contributed by atoms with Gasteiger partial charge in [0.25, 0.3) is 0 Å². The highest BCUT2D eigenvalue weighted by atomic mass is 79.9. The number of aryl methyl sites for hydroxylation is 1. The Morgan fingerprint density at radius 1 is 1.14 bits per heavy atom. The van der Waals surface area contributed by atoms with Crippen LogP contribution in [0.3, 0.4) is 0 Å². The summed E-state index contributed by atoms with van der Waals surface area (Å²) in [7, 11) is -3.52. The van der Waals surface area contributed by atoms with Crippen LogP contribution in [-0.4, -0.2) is 39.1 Å². The first kappa shape index (κ1) is 23.1. The molecule has 2 N–H and O–H groups in total. The van der Waals surface area contributed by atoms with E-state index in [0.29, 0.717) is 23.5 Å². The second-order valence-electron chi connectivity index (χ2n) is 8.94. The van der Waals surface area contributed by atoms with Gasteiger partial charge in [-0.25, -0.2) is 23.1 Å². The van der Waals surface area contributed by atoms with Gasteiger partial charge in [-0.05, 0) is 40.9 Å². The summed E-state index contributed by atoms with van der Waals surface area (Å²) in [5, 5.41) is 7.97. The van der Waals surface area contributed by atoms with Crippen LogP contribution in [0, 0.1) is 11.8 Å². The predicted molar refractivity (Wildman–Crippen MR) is 141 cm³/mol. The van der Waals surface area contributed by atoms with Gasteiger partial charge in [0.15, 0.2) is 5.65 Å². The van der Waals surface area contributed by atoms with Crippen LogP contribution in [-0.2, 0) is 16.6 Å². The number of nitrogens with zero attached hydrogens (tertiary/aromatic N) is 5. The first-order valence-corrected chi connectivity index (χ1v) is 14.0. The number of sulfonamides is 1. The standard InChI is InChI=1S/C25H24BrN7O2S/c26-20-15-28-33-24(14-22(31-25(20)33)17-5-2-1-3-6-17)30-21-7-8-23(19-13-18(19)21)36(34,35)29-9-4-11-32-12-10-27-16-32/h1-3,5-8,10,12,14-16,18-19,29-30H,4,9,11,13H2. The third-order valence-corrected chi connectivity index (χ3v) is 8.71. The zero-order chi connectivity index (χ0) is 24.7. The van der Waals surface area contributed by atoms with Gasteiger partial charge in [-0.15, -0.1) is 0 Å². The number of imidazole rings is 1. The van der Waals surface area contributed by atoms with Crippen LogP contribution in [0.2, 0.25) is 0 Å². The van der Waals surface area contributed by atoms with Crippen LogP contribution in [0.4, 0.5) is 5.82 Å². The molecule has 3 heterocycles. The van der Waals surface area contributed by atoms with E-state index in [1.165, 1.54) is 0 Å². The van der Waals surface area contributed by atoms with E-state index in [2.05, 4.69) is 36.1 Å². The fraction of sp³-hybridized carbons (Fsp3) is 0.240.